The summed E-state index contributed by atoms with van der Waals surface area (Å²) in [4.78, 5) is 19.7. The molecular weight excluding hydrogens is 574 g/mol. The van der Waals surface area contributed by atoms with Crippen molar-refractivity contribution < 1.29 is 22.4 Å². The quantitative estimate of drug-likeness (QED) is 0.155. The number of thiazole rings is 1. The van der Waals surface area contributed by atoms with E-state index in [0.29, 0.717) is 22.6 Å². The Morgan fingerprint density at radius 2 is 1.49 bits per heavy atom. The van der Waals surface area contributed by atoms with E-state index in [-0.39, 0.29) is 37.3 Å². The number of carbonyl (C=O) groups excluding carboxylic acids is 1. The maximum absolute atomic E-state index is 14.5. The third-order valence-electron chi connectivity index (χ3n) is 6.95. The molecule has 5 aromatic rings. The summed E-state index contributed by atoms with van der Waals surface area (Å²) in [6.45, 7) is 0.498. The van der Waals surface area contributed by atoms with Crippen molar-refractivity contribution in [1.29, 1.82) is 0 Å². The molecule has 0 saturated heterocycles. The number of hydrogen-bond acceptors (Lipinski definition) is 4. The topological polar surface area (TPSA) is 45.2 Å². The van der Waals surface area contributed by atoms with Crippen LogP contribution in [0, 0.1) is 5.82 Å². The summed E-state index contributed by atoms with van der Waals surface area (Å²) < 4.78 is 54.6. The lowest BCUT2D eigenvalue weighted by molar-refractivity contribution is -0.137. The summed E-state index contributed by atoms with van der Waals surface area (Å²) in [5.41, 5.74) is 2.40. The number of rotatable bonds is 11. The van der Waals surface area contributed by atoms with E-state index in [0.717, 1.165) is 23.3 Å². The van der Waals surface area contributed by atoms with Gasteiger partial charge in [-0.15, -0.1) is 11.3 Å². The van der Waals surface area contributed by atoms with E-state index in [2.05, 4.69) is 10.3 Å². The molecule has 0 aliphatic heterocycles. The van der Waals surface area contributed by atoms with Crippen molar-refractivity contribution in [2.45, 2.75) is 38.3 Å². The van der Waals surface area contributed by atoms with Gasteiger partial charge in [0.25, 0.3) is 5.91 Å². The minimum absolute atomic E-state index is 0.131. The molecule has 0 radical (unpaired) electrons. The first-order valence-electron chi connectivity index (χ1n) is 13.7. The van der Waals surface area contributed by atoms with E-state index in [1.165, 1.54) is 23.5 Å². The molecule has 1 aromatic heterocycles. The molecule has 220 valence electrons. The van der Waals surface area contributed by atoms with E-state index in [9.17, 15) is 22.4 Å². The molecule has 0 unspecified atom stereocenters. The molecule has 0 bridgehead atoms. The van der Waals surface area contributed by atoms with Gasteiger partial charge in [-0.3, -0.25) is 9.69 Å². The Kier molecular flexibility index (Phi) is 9.64. The Hall–Kier alpha value is -4.34. The van der Waals surface area contributed by atoms with E-state index >= 15 is 0 Å². The van der Waals surface area contributed by atoms with Crippen LogP contribution in [0.5, 0.6) is 0 Å². The first-order valence-corrected chi connectivity index (χ1v) is 14.6. The molecule has 0 aliphatic carbocycles. The van der Waals surface area contributed by atoms with Crippen LogP contribution in [0.25, 0.3) is 0 Å². The minimum Gasteiger partial charge on any atom is -0.344 e. The zero-order chi connectivity index (χ0) is 30.2. The smallest absolute Gasteiger partial charge is 0.344 e. The third kappa shape index (κ3) is 8.37. The van der Waals surface area contributed by atoms with Crippen molar-refractivity contribution in [2.24, 2.45) is 0 Å². The number of hydrogen-bond donors (Lipinski definition) is 1. The Morgan fingerprint density at radius 1 is 0.814 bits per heavy atom. The number of nitrogens with one attached hydrogen (secondary N) is 1. The van der Waals surface area contributed by atoms with Gasteiger partial charge in [0.2, 0.25) is 0 Å². The first-order chi connectivity index (χ1) is 20.7. The highest BCUT2D eigenvalue weighted by molar-refractivity contribution is 7.09. The van der Waals surface area contributed by atoms with Gasteiger partial charge in [-0.2, -0.15) is 13.2 Å². The molecule has 1 heterocycles. The molecular formula is C34H29F4N3OS. The number of amides is 1. The summed E-state index contributed by atoms with van der Waals surface area (Å²) in [6.07, 6.45) is -3.87. The molecule has 4 aromatic carbocycles. The fourth-order valence-electron chi connectivity index (χ4n) is 4.84. The largest absolute Gasteiger partial charge is 0.416 e. The number of benzene rings is 4. The number of halogens is 4. The van der Waals surface area contributed by atoms with Crippen molar-refractivity contribution in [2.75, 3.05) is 0 Å². The van der Waals surface area contributed by atoms with Crippen LogP contribution in [0.2, 0.25) is 0 Å². The summed E-state index contributed by atoms with van der Waals surface area (Å²) >= 11 is 1.28. The van der Waals surface area contributed by atoms with Crippen molar-refractivity contribution in [3.8, 4) is 0 Å². The van der Waals surface area contributed by atoms with Crippen LogP contribution in [0.15, 0.2) is 115 Å². The number of aromatic nitrogens is 1. The van der Waals surface area contributed by atoms with Gasteiger partial charge in [0.05, 0.1) is 18.2 Å². The fraction of sp³-hybridized carbons (Fsp3) is 0.176. The highest BCUT2D eigenvalue weighted by Crippen LogP contribution is 2.30. The van der Waals surface area contributed by atoms with E-state index in [1.807, 2.05) is 65.6 Å². The van der Waals surface area contributed by atoms with Crippen molar-refractivity contribution in [1.82, 2.24) is 15.2 Å². The molecule has 0 saturated carbocycles. The van der Waals surface area contributed by atoms with Gasteiger partial charge < -0.3 is 5.32 Å². The molecule has 0 spiro atoms. The van der Waals surface area contributed by atoms with E-state index in [4.69, 9.17) is 0 Å². The Balaban J connectivity index is 1.34. The molecule has 1 atom stereocenters. The van der Waals surface area contributed by atoms with Gasteiger partial charge in [0.1, 0.15) is 16.5 Å². The highest BCUT2D eigenvalue weighted by Gasteiger charge is 2.30. The van der Waals surface area contributed by atoms with Crippen LogP contribution >= 0.6 is 11.3 Å². The predicted molar refractivity (Wildman–Crippen MR) is 160 cm³/mol. The maximum Gasteiger partial charge on any atom is 0.416 e. The number of alkyl halides is 3. The van der Waals surface area contributed by atoms with Crippen LogP contribution in [-0.2, 0) is 32.2 Å². The fourth-order valence-corrected chi connectivity index (χ4v) is 5.65. The normalized spacial score (nSPS) is 12.3. The lowest BCUT2D eigenvalue weighted by Crippen LogP contribution is -2.30. The predicted octanol–water partition coefficient (Wildman–Crippen LogP) is 8.22. The SMILES string of the molecule is O=C(N[C@@H](Cc1ccccc1)c1ccccc1)c1csc(CN(Cc2cccc(C(F)(F)F)c2)Cc2ccccc2F)n1. The van der Waals surface area contributed by atoms with Crippen LogP contribution in [0.3, 0.4) is 0 Å². The van der Waals surface area contributed by atoms with Gasteiger partial charge in [-0.25, -0.2) is 9.37 Å². The van der Waals surface area contributed by atoms with Gasteiger partial charge in [-0.1, -0.05) is 97.1 Å². The average Bonchev–Trinajstić information content (AvgIpc) is 3.47. The van der Waals surface area contributed by atoms with Crippen molar-refractivity contribution in [3.05, 3.63) is 159 Å². The van der Waals surface area contributed by atoms with Crippen LogP contribution in [0.1, 0.15) is 49.4 Å². The Bertz CT molecular complexity index is 1640. The Morgan fingerprint density at radius 3 is 2.21 bits per heavy atom. The second-order valence-corrected chi connectivity index (χ2v) is 11.1. The summed E-state index contributed by atoms with van der Waals surface area (Å²) in [5.74, 6) is -0.730. The van der Waals surface area contributed by atoms with Crippen LogP contribution in [-0.4, -0.2) is 15.8 Å². The first kappa shape index (κ1) is 30.1. The summed E-state index contributed by atoms with van der Waals surface area (Å²) in [6, 6.07) is 30.7. The minimum atomic E-state index is -4.47. The maximum atomic E-state index is 14.5. The molecule has 0 fully saturated rings. The highest BCUT2D eigenvalue weighted by atomic mass is 32.1. The third-order valence-corrected chi connectivity index (χ3v) is 7.78. The Labute approximate surface area is 251 Å². The van der Waals surface area contributed by atoms with Crippen molar-refractivity contribution >= 4 is 17.2 Å². The van der Waals surface area contributed by atoms with Crippen LogP contribution < -0.4 is 5.32 Å². The van der Waals surface area contributed by atoms with E-state index < -0.39 is 17.6 Å². The van der Waals surface area contributed by atoms with Gasteiger partial charge in [0.15, 0.2) is 0 Å². The molecule has 5 rings (SSSR count). The second kappa shape index (κ2) is 13.8. The van der Waals surface area contributed by atoms with Gasteiger partial charge >= 0.3 is 6.18 Å². The monoisotopic (exact) mass is 603 g/mol. The molecule has 1 N–H and O–H groups in total. The van der Waals surface area contributed by atoms with E-state index in [1.54, 1.807) is 29.6 Å². The second-order valence-electron chi connectivity index (χ2n) is 10.2. The zero-order valence-electron chi connectivity index (χ0n) is 23.1. The average molecular weight is 604 g/mol. The summed E-state index contributed by atoms with van der Waals surface area (Å²) in [5, 5.41) is 5.37. The van der Waals surface area contributed by atoms with Gasteiger partial charge in [0, 0.05) is 24.0 Å². The number of carbonyl (C=O) groups is 1. The molecule has 1 amide bonds. The lowest BCUT2D eigenvalue weighted by Gasteiger charge is -2.22. The van der Waals surface area contributed by atoms with Crippen molar-refractivity contribution in [3.63, 3.8) is 0 Å². The number of nitrogens with zero attached hydrogens (tertiary/aromatic N) is 2. The standard InChI is InChI=1S/C34H29F4N3OS/c35-29-17-8-7-15-27(29)21-41(20-25-12-9-16-28(18-25)34(36,37)38)22-32-39-31(23-43-32)33(42)40-30(26-13-5-2-6-14-26)19-24-10-3-1-4-11-24/h1-18,23,30H,19-22H2,(H,40,42)/t30-/m0/s1. The summed E-state index contributed by atoms with van der Waals surface area (Å²) in [7, 11) is 0. The zero-order valence-corrected chi connectivity index (χ0v) is 23.9. The lowest BCUT2D eigenvalue weighted by atomic mass is 9.99. The van der Waals surface area contributed by atoms with Crippen LogP contribution in [0.4, 0.5) is 17.6 Å². The molecule has 9 heteroatoms. The molecule has 4 nitrogen and oxygen atoms in total. The molecule has 0 aliphatic rings. The van der Waals surface area contributed by atoms with Gasteiger partial charge in [-0.05, 0) is 35.2 Å². The molecule has 43 heavy (non-hydrogen) atoms.